The number of unbranched alkanes of at least 4 members (excludes halogenated alkanes) is 23. The first-order valence-corrected chi connectivity index (χ1v) is 23.9. The number of ether oxygens (including phenoxy) is 4. The second kappa shape index (κ2) is 34.2. The Balaban J connectivity index is 1.89. The van der Waals surface area contributed by atoms with Crippen molar-refractivity contribution in [3.8, 4) is 0 Å². The van der Waals surface area contributed by atoms with Crippen LogP contribution in [0.4, 0.5) is 0 Å². The highest BCUT2D eigenvalue weighted by Crippen LogP contribution is 2.30. The minimum Gasteiger partial charge on any atom is -0.394 e. The molecular weight excluding hydrogens is 774 g/mol. The molecule has 0 radical (unpaired) electrons. The van der Waals surface area contributed by atoms with E-state index in [0.717, 1.165) is 38.5 Å². The van der Waals surface area contributed by atoms with Gasteiger partial charge in [-0.15, -0.1) is 0 Å². The van der Waals surface area contributed by atoms with Gasteiger partial charge >= 0.3 is 0 Å². The van der Waals surface area contributed by atoms with Gasteiger partial charge in [-0.25, -0.2) is 0 Å². The molecule has 0 aromatic heterocycles. The molecule has 60 heavy (non-hydrogen) atoms. The summed E-state index contributed by atoms with van der Waals surface area (Å²) < 4.78 is 22.6. The summed E-state index contributed by atoms with van der Waals surface area (Å²) in [6.45, 7) is 2.76. The van der Waals surface area contributed by atoms with Gasteiger partial charge in [0.2, 0.25) is 5.91 Å². The summed E-state index contributed by atoms with van der Waals surface area (Å²) in [7, 11) is 0. The molecule has 2 aliphatic heterocycles. The number of aliphatic hydroxyl groups excluding tert-OH is 8. The molecule has 2 aliphatic rings. The first-order valence-electron chi connectivity index (χ1n) is 23.9. The van der Waals surface area contributed by atoms with E-state index in [1.807, 2.05) is 6.08 Å². The summed E-state index contributed by atoms with van der Waals surface area (Å²) in [5.41, 5.74) is 0. The van der Waals surface area contributed by atoms with Crippen LogP contribution in [0.3, 0.4) is 0 Å². The fourth-order valence-electron chi connectivity index (χ4n) is 8.00. The summed E-state index contributed by atoms with van der Waals surface area (Å²) in [5, 5.41) is 86.5. The molecule has 354 valence electrons. The van der Waals surface area contributed by atoms with Crippen LogP contribution in [0.1, 0.15) is 181 Å². The quantitative estimate of drug-likeness (QED) is 0.0292. The number of nitrogens with one attached hydrogen (secondary N) is 1. The largest absolute Gasteiger partial charge is 0.394 e. The third-order valence-corrected chi connectivity index (χ3v) is 12.0. The summed E-state index contributed by atoms with van der Waals surface area (Å²) >= 11 is 0. The molecule has 0 aliphatic carbocycles. The van der Waals surface area contributed by atoms with Crippen molar-refractivity contribution in [1.82, 2.24) is 5.32 Å². The fraction of sp³-hybridized carbons (Fsp3) is 0.935. The molecule has 14 heteroatoms. The van der Waals surface area contributed by atoms with Crippen molar-refractivity contribution in [3.05, 3.63) is 12.2 Å². The first-order chi connectivity index (χ1) is 29.1. The van der Waals surface area contributed by atoms with E-state index >= 15 is 0 Å². The maximum absolute atomic E-state index is 13.1. The lowest BCUT2D eigenvalue weighted by Gasteiger charge is -2.46. The predicted octanol–water partition coefficient (Wildman–Crippen LogP) is 5.21. The van der Waals surface area contributed by atoms with Crippen LogP contribution < -0.4 is 5.32 Å². The molecule has 0 bridgehead atoms. The molecule has 0 aromatic carbocycles. The number of aliphatic hydroxyl groups is 8. The van der Waals surface area contributed by atoms with Crippen LogP contribution in [0.15, 0.2) is 12.2 Å². The Morgan fingerprint density at radius 2 is 1.03 bits per heavy atom. The van der Waals surface area contributed by atoms with Crippen molar-refractivity contribution in [2.75, 3.05) is 19.8 Å². The maximum atomic E-state index is 13.1. The van der Waals surface area contributed by atoms with Gasteiger partial charge in [-0.1, -0.05) is 167 Å². The average molecular weight is 862 g/mol. The minimum atomic E-state index is -1.78. The first kappa shape index (κ1) is 54.9. The van der Waals surface area contributed by atoms with Gasteiger partial charge < -0.3 is 65.1 Å². The molecule has 2 rings (SSSR count). The van der Waals surface area contributed by atoms with Crippen molar-refractivity contribution in [1.29, 1.82) is 0 Å². The fourth-order valence-corrected chi connectivity index (χ4v) is 8.00. The zero-order chi connectivity index (χ0) is 44.0. The molecule has 4 unspecified atom stereocenters. The normalized spacial score (nSPS) is 28.3. The van der Waals surface area contributed by atoms with Gasteiger partial charge in [-0.2, -0.15) is 0 Å². The van der Waals surface area contributed by atoms with E-state index < -0.39 is 86.8 Å². The summed E-state index contributed by atoms with van der Waals surface area (Å²) in [5.74, 6) is -0.241. The third-order valence-electron chi connectivity index (χ3n) is 12.0. The number of hydrogen-bond acceptors (Lipinski definition) is 13. The lowest BCUT2D eigenvalue weighted by atomic mass is 9.97. The average Bonchev–Trinajstić information content (AvgIpc) is 3.24. The Bertz CT molecular complexity index is 1070. The van der Waals surface area contributed by atoms with Gasteiger partial charge in [0.25, 0.3) is 0 Å². The molecular formula is C46H87NO13. The van der Waals surface area contributed by atoms with Gasteiger partial charge in [-0.3, -0.25) is 4.79 Å². The van der Waals surface area contributed by atoms with Crippen LogP contribution in [0.25, 0.3) is 0 Å². The zero-order valence-electron chi connectivity index (χ0n) is 37.2. The number of hydrogen-bond donors (Lipinski definition) is 9. The van der Waals surface area contributed by atoms with E-state index in [2.05, 4.69) is 19.2 Å². The van der Waals surface area contributed by atoms with E-state index in [9.17, 15) is 45.6 Å². The zero-order valence-corrected chi connectivity index (χ0v) is 37.2. The summed E-state index contributed by atoms with van der Waals surface area (Å²) in [6, 6.07) is -0.906. The van der Waals surface area contributed by atoms with E-state index in [-0.39, 0.29) is 18.9 Å². The Labute approximate surface area is 361 Å². The van der Waals surface area contributed by atoms with E-state index in [1.165, 1.54) is 116 Å². The molecule has 2 heterocycles. The molecule has 14 nitrogen and oxygen atoms in total. The highest BCUT2D eigenvalue weighted by Gasteiger charge is 2.51. The maximum Gasteiger partial charge on any atom is 0.220 e. The molecule has 12 atom stereocenters. The Kier molecular flexibility index (Phi) is 31.3. The second-order valence-corrected chi connectivity index (χ2v) is 17.2. The number of carbonyl (C=O) groups is 1. The Morgan fingerprint density at radius 1 is 0.583 bits per heavy atom. The van der Waals surface area contributed by atoms with Crippen LogP contribution in [0.5, 0.6) is 0 Å². The molecule has 9 N–H and O–H groups in total. The number of allylic oxidation sites excluding steroid dienone is 1. The van der Waals surface area contributed by atoms with Gasteiger partial charge in [-0.05, 0) is 19.3 Å². The Morgan fingerprint density at radius 3 is 1.53 bits per heavy atom. The van der Waals surface area contributed by atoms with Gasteiger partial charge in [0.05, 0.1) is 32.0 Å². The predicted molar refractivity (Wildman–Crippen MR) is 231 cm³/mol. The van der Waals surface area contributed by atoms with Crippen LogP contribution in [-0.2, 0) is 23.7 Å². The van der Waals surface area contributed by atoms with Gasteiger partial charge in [0, 0.05) is 6.42 Å². The standard InChI is InChI=1S/C46H87NO13/c1-3-5-7-9-11-13-15-16-17-18-20-21-23-25-27-29-35(50)34(47-38(51)30-28-26-24-22-19-14-12-10-8-6-4-2)33-57-45-43(56)41(54)44(37(32-49)59-45)60-46-42(55)40(53)39(52)36(31-48)58-46/h27,29,34-37,39-46,48-50,52-56H,3-26,28,30-33H2,1-2H3,(H,47,51)/b29-27+/t34-,35+,36+,37+,39-,40?,41?,42?,43?,44+,45+,46-/m0/s1. The molecule has 2 fully saturated rings. The van der Waals surface area contributed by atoms with Crippen LogP contribution >= 0.6 is 0 Å². The second-order valence-electron chi connectivity index (χ2n) is 17.2. The molecule has 0 aromatic rings. The number of carbonyl (C=O) groups excluding carboxylic acids is 1. The van der Waals surface area contributed by atoms with E-state index in [1.54, 1.807) is 6.08 Å². The lowest BCUT2D eigenvalue weighted by molar-refractivity contribution is -0.359. The molecule has 0 saturated carbocycles. The van der Waals surface area contributed by atoms with Crippen molar-refractivity contribution in [2.24, 2.45) is 0 Å². The van der Waals surface area contributed by atoms with Crippen molar-refractivity contribution in [3.63, 3.8) is 0 Å². The minimum absolute atomic E-state index is 0.241. The molecule has 0 spiro atoms. The number of rotatable bonds is 36. The van der Waals surface area contributed by atoms with Crippen molar-refractivity contribution >= 4 is 5.91 Å². The van der Waals surface area contributed by atoms with Gasteiger partial charge in [0.1, 0.15) is 48.8 Å². The molecule has 2 saturated heterocycles. The topological polar surface area (TPSA) is 228 Å². The highest BCUT2D eigenvalue weighted by atomic mass is 16.7. The number of amides is 1. The summed E-state index contributed by atoms with van der Waals surface area (Å²) in [6.07, 6.45) is 16.8. The smallest absolute Gasteiger partial charge is 0.220 e. The van der Waals surface area contributed by atoms with E-state index in [4.69, 9.17) is 18.9 Å². The van der Waals surface area contributed by atoms with Crippen molar-refractivity contribution < 1.29 is 64.6 Å². The highest BCUT2D eigenvalue weighted by molar-refractivity contribution is 5.76. The monoisotopic (exact) mass is 862 g/mol. The van der Waals surface area contributed by atoms with Crippen LogP contribution in [-0.4, -0.2) is 140 Å². The van der Waals surface area contributed by atoms with Crippen LogP contribution in [0.2, 0.25) is 0 Å². The van der Waals surface area contributed by atoms with Gasteiger partial charge in [0.15, 0.2) is 12.6 Å². The molecule has 1 amide bonds. The lowest BCUT2D eigenvalue weighted by Crippen LogP contribution is -2.65. The van der Waals surface area contributed by atoms with Crippen LogP contribution in [0, 0.1) is 0 Å². The van der Waals surface area contributed by atoms with Crippen molar-refractivity contribution in [2.45, 2.75) is 254 Å². The third kappa shape index (κ3) is 21.9. The summed E-state index contributed by atoms with van der Waals surface area (Å²) in [4.78, 5) is 13.1. The Hall–Kier alpha value is -1.27. The SMILES string of the molecule is CCCCCCCCCCCCCCC/C=C/[C@@H](O)[C@H](CO[C@@H]1O[C@H](CO)[C@@H](O[C@@H]2O[C@H](CO)[C@H](O)C(O)C2O)C(O)C1O)NC(=O)CCCCCCCCCCCCC. The van der Waals surface area contributed by atoms with E-state index in [0.29, 0.717) is 6.42 Å².